The summed E-state index contributed by atoms with van der Waals surface area (Å²) in [4.78, 5) is 24.7. The molecule has 166 valence electrons. The molecule has 0 aliphatic carbocycles. The van der Waals surface area contributed by atoms with Crippen LogP contribution in [0.2, 0.25) is 0 Å². The molecule has 31 heavy (non-hydrogen) atoms. The van der Waals surface area contributed by atoms with Gasteiger partial charge in [-0.25, -0.2) is 9.59 Å². The fourth-order valence-corrected chi connectivity index (χ4v) is 4.23. The van der Waals surface area contributed by atoms with Crippen LogP contribution in [0.15, 0.2) is 46.8 Å². The van der Waals surface area contributed by atoms with Gasteiger partial charge in [-0.05, 0) is 13.3 Å². The zero-order valence-electron chi connectivity index (χ0n) is 17.9. The van der Waals surface area contributed by atoms with E-state index in [9.17, 15) is 9.59 Å². The number of carbonyl (C=O) groups is 2. The topological polar surface area (TPSA) is 107 Å². The van der Waals surface area contributed by atoms with Crippen molar-refractivity contribution >= 4 is 23.8 Å². The number of thioether (sulfide) groups is 1. The molecule has 2 N–H and O–H groups in total. The highest BCUT2D eigenvalue weighted by atomic mass is 32.2. The Labute approximate surface area is 185 Å². The molecule has 2 aromatic rings. The second kappa shape index (κ2) is 11.0. The first-order valence-corrected chi connectivity index (χ1v) is 11.2. The number of rotatable bonds is 10. The lowest BCUT2D eigenvalue weighted by atomic mass is 10.0. The Morgan fingerprint density at radius 1 is 1.23 bits per heavy atom. The number of amides is 2. The molecule has 0 bridgehead atoms. The molecule has 9 nitrogen and oxygen atoms in total. The Bertz CT molecular complexity index is 945. The minimum absolute atomic E-state index is 0.263. The van der Waals surface area contributed by atoms with E-state index in [0.29, 0.717) is 41.8 Å². The molecular formula is C21H27N5O4S. The van der Waals surface area contributed by atoms with Crippen molar-refractivity contribution < 1.29 is 19.1 Å². The van der Waals surface area contributed by atoms with E-state index in [0.717, 1.165) is 11.4 Å². The molecule has 1 aromatic heterocycles. The monoisotopic (exact) mass is 445 g/mol. The van der Waals surface area contributed by atoms with Crippen LogP contribution in [0.4, 0.5) is 4.79 Å². The van der Waals surface area contributed by atoms with Crippen LogP contribution in [0, 0.1) is 0 Å². The van der Waals surface area contributed by atoms with Crippen LogP contribution in [-0.2, 0) is 20.8 Å². The number of methoxy groups -OCH3 is 1. The van der Waals surface area contributed by atoms with E-state index in [1.807, 2.05) is 41.8 Å². The Kier molecular flexibility index (Phi) is 8.07. The third kappa shape index (κ3) is 5.45. The Balaban J connectivity index is 1.89. The van der Waals surface area contributed by atoms with Gasteiger partial charge in [0.2, 0.25) is 0 Å². The molecule has 1 aliphatic heterocycles. The van der Waals surface area contributed by atoms with E-state index in [-0.39, 0.29) is 12.6 Å². The summed E-state index contributed by atoms with van der Waals surface area (Å²) in [6, 6.07) is 9.06. The van der Waals surface area contributed by atoms with Crippen LogP contribution in [0.5, 0.6) is 0 Å². The predicted octanol–water partition coefficient (Wildman–Crippen LogP) is 2.59. The van der Waals surface area contributed by atoms with Crippen molar-refractivity contribution in [1.82, 2.24) is 25.4 Å². The number of hydrogen-bond donors (Lipinski definition) is 2. The maximum Gasteiger partial charge on any atom is 0.337 e. The summed E-state index contributed by atoms with van der Waals surface area (Å²) < 4.78 is 12.5. The van der Waals surface area contributed by atoms with Crippen molar-refractivity contribution in [2.45, 2.75) is 38.0 Å². The fraction of sp³-hybridized carbons (Fsp3) is 0.429. The summed E-state index contributed by atoms with van der Waals surface area (Å²) >= 11 is 1.40. The first-order valence-electron chi connectivity index (χ1n) is 10.2. The molecule has 0 spiro atoms. The third-order valence-corrected chi connectivity index (χ3v) is 5.75. The van der Waals surface area contributed by atoms with Crippen LogP contribution in [0.3, 0.4) is 0 Å². The number of nitrogens with zero attached hydrogens (tertiary/aromatic N) is 3. The molecule has 0 radical (unpaired) electrons. The Hall–Kier alpha value is -2.85. The highest BCUT2D eigenvalue weighted by molar-refractivity contribution is 7.99. The molecule has 1 aromatic carbocycles. The van der Waals surface area contributed by atoms with E-state index < -0.39 is 12.0 Å². The smallest absolute Gasteiger partial charge is 0.337 e. The van der Waals surface area contributed by atoms with Crippen molar-refractivity contribution in [1.29, 1.82) is 0 Å². The van der Waals surface area contributed by atoms with E-state index in [4.69, 9.17) is 9.47 Å². The second-order valence-corrected chi connectivity index (χ2v) is 7.72. The van der Waals surface area contributed by atoms with Gasteiger partial charge in [0.15, 0.2) is 11.0 Å². The van der Waals surface area contributed by atoms with Crippen molar-refractivity contribution in [3.8, 4) is 11.4 Å². The van der Waals surface area contributed by atoms with Gasteiger partial charge in [-0.2, -0.15) is 0 Å². The summed E-state index contributed by atoms with van der Waals surface area (Å²) in [5, 5.41) is 14.9. The fourth-order valence-electron chi connectivity index (χ4n) is 3.29. The lowest BCUT2D eigenvalue weighted by molar-refractivity contribution is -0.139. The normalized spacial score (nSPS) is 16.1. The molecule has 0 saturated carbocycles. The lowest BCUT2D eigenvalue weighted by Crippen LogP contribution is -2.50. The van der Waals surface area contributed by atoms with Gasteiger partial charge in [-0.15, -0.1) is 10.2 Å². The molecular weight excluding hydrogens is 418 g/mol. The van der Waals surface area contributed by atoms with Gasteiger partial charge in [0, 0.05) is 24.1 Å². The zero-order chi connectivity index (χ0) is 22.2. The predicted molar refractivity (Wildman–Crippen MR) is 117 cm³/mol. The second-order valence-electron chi connectivity index (χ2n) is 6.78. The van der Waals surface area contributed by atoms with Gasteiger partial charge < -0.3 is 20.1 Å². The Morgan fingerprint density at radius 3 is 2.68 bits per heavy atom. The van der Waals surface area contributed by atoms with Gasteiger partial charge in [0.05, 0.1) is 31.4 Å². The first-order chi connectivity index (χ1) is 15.1. The molecule has 0 fully saturated rings. The number of nitrogens with one attached hydrogen (secondary N) is 2. The summed E-state index contributed by atoms with van der Waals surface area (Å²) in [7, 11) is 1.64. The summed E-state index contributed by atoms with van der Waals surface area (Å²) in [6.07, 6.45) is 0.581. The average Bonchev–Trinajstić information content (AvgIpc) is 3.19. The summed E-state index contributed by atoms with van der Waals surface area (Å²) in [5.74, 6) is 0.654. The maximum atomic E-state index is 12.6. The molecule has 0 saturated heterocycles. The Morgan fingerprint density at radius 2 is 2.00 bits per heavy atom. The van der Waals surface area contributed by atoms with Gasteiger partial charge in [0.25, 0.3) is 0 Å². The van der Waals surface area contributed by atoms with Crippen molar-refractivity contribution in [3.63, 3.8) is 0 Å². The minimum atomic E-state index is -0.428. The van der Waals surface area contributed by atoms with E-state index in [1.165, 1.54) is 11.8 Å². The van der Waals surface area contributed by atoms with Crippen molar-refractivity contribution in [2.75, 3.05) is 26.1 Å². The molecule has 1 aliphatic rings. The number of aromatic nitrogens is 3. The van der Waals surface area contributed by atoms with Gasteiger partial charge >= 0.3 is 12.0 Å². The first kappa shape index (κ1) is 22.8. The molecule has 10 heteroatoms. The SMILES string of the molecule is CCOC(=O)C1=C(CSc2nnc(-c3ccccc3)n2CCOC)NC(=O)NC1CC. The highest BCUT2D eigenvalue weighted by Gasteiger charge is 2.31. The molecule has 3 rings (SSSR count). The third-order valence-electron chi connectivity index (χ3n) is 4.76. The van der Waals surface area contributed by atoms with Crippen LogP contribution < -0.4 is 10.6 Å². The molecule has 1 unspecified atom stereocenters. The van der Waals surface area contributed by atoms with E-state index in [2.05, 4.69) is 20.8 Å². The van der Waals surface area contributed by atoms with Crippen molar-refractivity contribution in [3.05, 3.63) is 41.6 Å². The van der Waals surface area contributed by atoms with Crippen LogP contribution >= 0.6 is 11.8 Å². The highest BCUT2D eigenvalue weighted by Crippen LogP contribution is 2.27. The molecule has 2 heterocycles. The number of ether oxygens (including phenoxy) is 2. The quantitative estimate of drug-likeness (QED) is 0.427. The van der Waals surface area contributed by atoms with Crippen LogP contribution in [-0.4, -0.2) is 58.9 Å². The summed E-state index contributed by atoms with van der Waals surface area (Å²) in [5.41, 5.74) is 1.93. The standard InChI is InChI=1S/C21H27N5O4S/c1-4-15-17(19(27)30-5-2)16(23-20(28)22-15)13-31-21-25-24-18(26(21)11-12-29-3)14-9-7-6-8-10-14/h6-10,15H,4-5,11-13H2,1-3H3,(H2,22,23,28). The van der Waals surface area contributed by atoms with Crippen molar-refractivity contribution in [2.24, 2.45) is 0 Å². The molecule has 2 amide bonds. The van der Waals surface area contributed by atoms with Gasteiger partial charge in [-0.3, -0.25) is 4.57 Å². The van der Waals surface area contributed by atoms with E-state index in [1.54, 1.807) is 14.0 Å². The number of hydrogen-bond acceptors (Lipinski definition) is 7. The number of esters is 1. The summed E-state index contributed by atoms with van der Waals surface area (Å²) in [6.45, 7) is 5.00. The average molecular weight is 446 g/mol. The number of carbonyl (C=O) groups excluding carboxylic acids is 2. The van der Waals surface area contributed by atoms with Gasteiger partial charge in [0.1, 0.15) is 0 Å². The zero-order valence-corrected chi connectivity index (χ0v) is 18.7. The lowest BCUT2D eigenvalue weighted by Gasteiger charge is -2.28. The maximum absolute atomic E-state index is 12.6. The molecule has 1 atom stereocenters. The van der Waals surface area contributed by atoms with Crippen LogP contribution in [0.25, 0.3) is 11.4 Å². The van der Waals surface area contributed by atoms with Crippen LogP contribution in [0.1, 0.15) is 20.3 Å². The number of urea groups is 1. The minimum Gasteiger partial charge on any atom is -0.463 e. The van der Waals surface area contributed by atoms with Gasteiger partial charge in [-0.1, -0.05) is 49.0 Å². The van der Waals surface area contributed by atoms with E-state index >= 15 is 0 Å². The largest absolute Gasteiger partial charge is 0.463 e. The number of benzene rings is 1.